The van der Waals surface area contributed by atoms with Crippen molar-refractivity contribution in [3.05, 3.63) is 47.5 Å². The first-order valence-electron chi connectivity index (χ1n) is 9.29. The van der Waals surface area contributed by atoms with Crippen molar-refractivity contribution in [1.82, 2.24) is 14.8 Å². The number of hydrogen-bond donors (Lipinski definition) is 1. The van der Waals surface area contributed by atoms with Crippen LogP contribution in [0.4, 0.5) is 0 Å². The zero-order valence-corrected chi connectivity index (χ0v) is 14.5. The lowest BCUT2D eigenvalue weighted by Crippen LogP contribution is -2.40. The summed E-state index contributed by atoms with van der Waals surface area (Å²) < 4.78 is 2.13. The molecule has 5 nitrogen and oxygen atoms in total. The highest BCUT2D eigenvalue weighted by molar-refractivity contribution is 5.34. The molecule has 130 valence electrons. The third-order valence-electron chi connectivity index (χ3n) is 6.00. The highest BCUT2D eigenvalue weighted by Crippen LogP contribution is 2.46. The molecule has 4 rings (SSSR count). The molecule has 0 unspecified atom stereocenters. The van der Waals surface area contributed by atoms with Crippen LogP contribution in [0.1, 0.15) is 62.2 Å². The molecule has 1 aliphatic carbocycles. The molecule has 5 heteroatoms. The average Bonchev–Trinajstić information content (AvgIpc) is 2.93. The first kappa shape index (κ1) is 16.3. The Bertz CT molecular complexity index is 782. The van der Waals surface area contributed by atoms with E-state index in [0.717, 1.165) is 37.2 Å². The minimum atomic E-state index is -0.968. The number of rotatable bonds is 2. The number of aromatic nitrogens is 3. The number of benzene rings is 1. The fourth-order valence-corrected chi connectivity index (χ4v) is 4.37. The van der Waals surface area contributed by atoms with Crippen molar-refractivity contribution in [2.75, 3.05) is 0 Å². The van der Waals surface area contributed by atoms with Crippen LogP contribution in [0.5, 0.6) is 0 Å². The molecule has 1 aromatic heterocycles. The maximum absolute atomic E-state index is 11.3. The van der Waals surface area contributed by atoms with Crippen LogP contribution in [0.15, 0.2) is 30.3 Å². The van der Waals surface area contributed by atoms with E-state index in [2.05, 4.69) is 20.8 Å². The maximum atomic E-state index is 11.3. The SMILES string of the molecule is N#C[C@]1(c2ccccc2)CC[C@@](O)(c2nnc3n2CCCCC3)CC1. The summed E-state index contributed by atoms with van der Waals surface area (Å²) in [5, 5.41) is 29.9. The third kappa shape index (κ3) is 2.75. The van der Waals surface area contributed by atoms with Crippen LogP contribution in [-0.4, -0.2) is 19.9 Å². The van der Waals surface area contributed by atoms with Crippen molar-refractivity contribution in [1.29, 1.82) is 5.26 Å². The maximum Gasteiger partial charge on any atom is 0.165 e. The van der Waals surface area contributed by atoms with Crippen LogP contribution < -0.4 is 0 Å². The Morgan fingerprint density at radius 2 is 1.76 bits per heavy atom. The lowest BCUT2D eigenvalue weighted by Gasteiger charge is -2.40. The number of nitriles is 1. The Hall–Kier alpha value is -2.19. The Morgan fingerprint density at radius 3 is 2.48 bits per heavy atom. The number of fused-ring (bicyclic) bond motifs is 1. The van der Waals surface area contributed by atoms with Gasteiger partial charge in [0.1, 0.15) is 11.4 Å². The van der Waals surface area contributed by atoms with Gasteiger partial charge >= 0.3 is 0 Å². The second kappa shape index (κ2) is 6.27. The van der Waals surface area contributed by atoms with Gasteiger partial charge < -0.3 is 9.67 Å². The van der Waals surface area contributed by atoms with Gasteiger partial charge in [-0.25, -0.2) is 0 Å². The van der Waals surface area contributed by atoms with Crippen LogP contribution in [0.2, 0.25) is 0 Å². The largest absolute Gasteiger partial charge is 0.382 e. The molecule has 1 aliphatic heterocycles. The number of aryl methyl sites for hydroxylation is 1. The second-order valence-electron chi connectivity index (χ2n) is 7.49. The monoisotopic (exact) mass is 336 g/mol. The molecule has 0 radical (unpaired) electrons. The molecule has 1 saturated carbocycles. The molecule has 2 aliphatic rings. The van der Waals surface area contributed by atoms with Crippen LogP contribution in [-0.2, 0) is 24.0 Å². The Labute approximate surface area is 148 Å². The molecule has 1 N–H and O–H groups in total. The zero-order valence-electron chi connectivity index (χ0n) is 14.5. The molecule has 25 heavy (non-hydrogen) atoms. The van der Waals surface area contributed by atoms with E-state index in [4.69, 9.17) is 0 Å². The molecule has 0 atom stereocenters. The summed E-state index contributed by atoms with van der Waals surface area (Å²) in [7, 11) is 0. The van der Waals surface area contributed by atoms with E-state index >= 15 is 0 Å². The van der Waals surface area contributed by atoms with Crippen LogP contribution in [0.3, 0.4) is 0 Å². The van der Waals surface area contributed by atoms with E-state index in [0.29, 0.717) is 31.5 Å². The second-order valence-corrected chi connectivity index (χ2v) is 7.49. The van der Waals surface area contributed by atoms with Gasteiger partial charge in [0.05, 0.1) is 11.5 Å². The van der Waals surface area contributed by atoms with E-state index in [1.54, 1.807) is 0 Å². The van der Waals surface area contributed by atoms with E-state index < -0.39 is 11.0 Å². The Morgan fingerprint density at radius 1 is 1.00 bits per heavy atom. The Kier molecular flexibility index (Phi) is 4.09. The van der Waals surface area contributed by atoms with Crippen molar-refractivity contribution in [3.8, 4) is 6.07 Å². The lowest BCUT2D eigenvalue weighted by molar-refractivity contribution is -0.0248. The van der Waals surface area contributed by atoms with Crippen LogP contribution in [0.25, 0.3) is 0 Å². The molecule has 0 amide bonds. The van der Waals surface area contributed by atoms with Gasteiger partial charge in [0, 0.05) is 13.0 Å². The zero-order chi connectivity index (χ0) is 17.3. The molecule has 2 heterocycles. The van der Waals surface area contributed by atoms with E-state index in [1.807, 2.05) is 30.3 Å². The van der Waals surface area contributed by atoms with Gasteiger partial charge in [0.15, 0.2) is 5.82 Å². The molecule has 0 spiro atoms. The van der Waals surface area contributed by atoms with Crippen molar-refractivity contribution >= 4 is 0 Å². The van der Waals surface area contributed by atoms with Gasteiger partial charge in [-0.3, -0.25) is 0 Å². The molecule has 2 aromatic rings. The molecule has 0 saturated heterocycles. The summed E-state index contributed by atoms with van der Waals surface area (Å²) in [4.78, 5) is 0. The molecular formula is C20H24N4O. The fourth-order valence-electron chi connectivity index (χ4n) is 4.37. The molecular weight excluding hydrogens is 312 g/mol. The van der Waals surface area contributed by atoms with Crippen LogP contribution in [0, 0.1) is 11.3 Å². The van der Waals surface area contributed by atoms with Crippen LogP contribution >= 0.6 is 0 Å². The first-order valence-corrected chi connectivity index (χ1v) is 9.29. The minimum Gasteiger partial charge on any atom is -0.382 e. The van der Waals surface area contributed by atoms with Crippen molar-refractivity contribution < 1.29 is 5.11 Å². The van der Waals surface area contributed by atoms with Gasteiger partial charge in [-0.1, -0.05) is 36.8 Å². The van der Waals surface area contributed by atoms with Gasteiger partial charge in [-0.2, -0.15) is 5.26 Å². The summed E-state index contributed by atoms with van der Waals surface area (Å²) in [6.07, 6.45) is 6.78. The van der Waals surface area contributed by atoms with Gasteiger partial charge in [0.2, 0.25) is 0 Å². The number of hydrogen-bond acceptors (Lipinski definition) is 4. The van der Waals surface area contributed by atoms with Crippen molar-refractivity contribution in [2.24, 2.45) is 0 Å². The minimum absolute atomic E-state index is 0.505. The lowest BCUT2D eigenvalue weighted by atomic mass is 9.66. The topological polar surface area (TPSA) is 74.7 Å². The first-order chi connectivity index (χ1) is 12.2. The van der Waals surface area contributed by atoms with E-state index in [9.17, 15) is 10.4 Å². The summed E-state index contributed by atoms with van der Waals surface area (Å²) in [5.74, 6) is 1.71. The van der Waals surface area contributed by atoms with Gasteiger partial charge in [-0.15, -0.1) is 10.2 Å². The number of aliphatic hydroxyl groups is 1. The summed E-state index contributed by atoms with van der Waals surface area (Å²) in [6.45, 7) is 0.891. The van der Waals surface area contributed by atoms with Gasteiger partial charge in [0.25, 0.3) is 0 Å². The highest BCUT2D eigenvalue weighted by Gasteiger charge is 2.46. The summed E-state index contributed by atoms with van der Waals surface area (Å²) in [6, 6.07) is 12.5. The third-order valence-corrected chi connectivity index (χ3v) is 6.00. The van der Waals surface area contributed by atoms with Gasteiger partial charge in [-0.05, 0) is 44.1 Å². The van der Waals surface area contributed by atoms with E-state index in [1.165, 1.54) is 6.42 Å². The summed E-state index contributed by atoms with van der Waals surface area (Å²) in [5.41, 5.74) is -0.417. The van der Waals surface area contributed by atoms with E-state index in [-0.39, 0.29) is 0 Å². The highest BCUT2D eigenvalue weighted by atomic mass is 16.3. The van der Waals surface area contributed by atoms with Crippen molar-refractivity contribution in [2.45, 2.75) is 68.9 Å². The summed E-state index contributed by atoms with van der Waals surface area (Å²) >= 11 is 0. The predicted octanol–water partition coefficient (Wildman–Crippen LogP) is 3.23. The smallest absolute Gasteiger partial charge is 0.165 e. The molecule has 0 bridgehead atoms. The fraction of sp³-hybridized carbons (Fsp3) is 0.550. The molecule has 1 aromatic carbocycles. The standard InChI is InChI=1S/C20H24N4O/c21-15-19(16-7-3-1-4-8-16)10-12-20(25,13-11-19)18-23-22-17-9-5-2-6-14-24(17)18/h1,3-4,7-8,25H,2,5-6,9-14H2/t19-,20-. The molecule has 1 fully saturated rings. The van der Waals surface area contributed by atoms with Crippen molar-refractivity contribution in [3.63, 3.8) is 0 Å². The normalized spacial score (nSPS) is 29.4. The number of nitrogens with zero attached hydrogens (tertiary/aromatic N) is 4. The predicted molar refractivity (Wildman–Crippen MR) is 93.7 cm³/mol. The average molecular weight is 336 g/mol. The quantitative estimate of drug-likeness (QED) is 0.913. The Balaban J connectivity index is 1.61.